The number of hydrogen-bond donors (Lipinski definition) is 0. The molecule has 192 valence electrons. The second-order valence-electron chi connectivity index (χ2n) is 10.2. The van der Waals surface area contributed by atoms with Gasteiger partial charge in [0.25, 0.3) is 0 Å². The molecule has 2 heteroatoms. The van der Waals surface area contributed by atoms with Crippen molar-refractivity contribution >= 4 is 5.97 Å². The molecule has 0 radical (unpaired) electrons. The molecule has 0 saturated heterocycles. The molecule has 0 rings (SSSR count). The first kappa shape index (κ1) is 31.5. The van der Waals surface area contributed by atoms with Gasteiger partial charge in [-0.05, 0) is 25.2 Å². The largest absolute Gasteiger partial charge is 0.465 e. The second kappa shape index (κ2) is 26.7. The maximum Gasteiger partial charge on any atom is 0.305 e. The van der Waals surface area contributed by atoms with Crippen molar-refractivity contribution in [3.05, 3.63) is 0 Å². The highest BCUT2D eigenvalue weighted by Gasteiger charge is 2.12. The Morgan fingerprint density at radius 2 is 0.875 bits per heavy atom. The average molecular weight is 453 g/mol. The molecule has 2 nitrogen and oxygen atoms in total. The van der Waals surface area contributed by atoms with Crippen molar-refractivity contribution in [3.8, 4) is 0 Å². The van der Waals surface area contributed by atoms with Gasteiger partial charge in [-0.25, -0.2) is 0 Å². The molecule has 0 aromatic carbocycles. The Labute approximate surface area is 203 Å². The van der Waals surface area contributed by atoms with E-state index in [1.54, 1.807) is 0 Å². The fourth-order valence-electron chi connectivity index (χ4n) is 4.59. The van der Waals surface area contributed by atoms with Crippen LogP contribution in [0.1, 0.15) is 175 Å². The molecular weight excluding hydrogens is 392 g/mol. The minimum atomic E-state index is 0.0394. The molecular formula is C30H60O2. The molecule has 0 N–H and O–H groups in total. The van der Waals surface area contributed by atoms with Gasteiger partial charge in [-0.1, -0.05) is 149 Å². The fraction of sp³-hybridized carbons (Fsp3) is 0.967. The first-order chi connectivity index (χ1) is 15.7. The molecule has 0 amide bonds. The number of unbranched alkanes of at least 4 members (excludes halogenated alkanes) is 18. The van der Waals surface area contributed by atoms with Crippen molar-refractivity contribution in [2.45, 2.75) is 175 Å². The molecule has 0 heterocycles. The summed E-state index contributed by atoms with van der Waals surface area (Å²) in [5, 5.41) is 0. The number of carbonyl (C=O) groups is 1. The molecule has 0 aliphatic heterocycles. The summed E-state index contributed by atoms with van der Waals surface area (Å²) in [6, 6.07) is 0. The van der Waals surface area contributed by atoms with Crippen LogP contribution in [-0.4, -0.2) is 12.6 Å². The third-order valence-electron chi connectivity index (χ3n) is 6.90. The lowest BCUT2D eigenvalue weighted by Crippen LogP contribution is -2.14. The number of rotatable bonds is 26. The van der Waals surface area contributed by atoms with Gasteiger partial charge in [-0.3, -0.25) is 4.79 Å². The average Bonchev–Trinajstić information content (AvgIpc) is 2.80. The highest BCUT2D eigenvalue weighted by Crippen LogP contribution is 2.19. The Kier molecular flexibility index (Phi) is 26.3. The highest BCUT2D eigenvalue weighted by molar-refractivity contribution is 5.69. The third kappa shape index (κ3) is 24.1. The van der Waals surface area contributed by atoms with E-state index in [1.807, 2.05) is 0 Å². The molecule has 0 spiro atoms. The van der Waals surface area contributed by atoms with E-state index in [0.717, 1.165) is 6.42 Å². The summed E-state index contributed by atoms with van der Waals surface area (Å²) in [4.78, 5) is 12.1. The van der Waals surface area contributed by atoms with Gasteiger partial charge in [-0.2, -0.15) is 0 Å². The summed E-state index contributed by atoms with van der Waals surface area (Å²) in [6.45, 7) is 7.47. The van der Waals surface area contributed by atoms with Crippen LogP contribution in [-0.2, 0) is 9.53 Å². The van der Waals surface area contributed by atoms with Crippen molar-refractivity contribution < 1.29 is 9.53 Å². The van der Waals surface area contributed by atoms with Crippen LogP contribution in [0.3, 0.4) is 0 Å². The molecule has 0 bridgehead atoms. The maximum atomic E-state index is 12.1. The highest BCUT2D eigenvalue weighted by atomic mass is 16.5. The van der Waals surface area contributed by atoms with Crippen LogP contribution in [0.15, 0.2) is 0 Å². The van der Waals surface area contributed by atoms with Crippen LogP contribution < -0.4 is 0 Å². The van der Waals surface area contributed by atoms with Gasteiger partial charge in [0.15, 0.2) is 0 Å². The van der Waals surface area contributed by atoms with Gasteiger partial charge in [-0.15, -0.1) is 0 Å². The molecule has 1 unspecified atom stereocenters. The smallest absolute Gasteiger partial charge is 0.305 e. The van der Waals surface area contributed by atoms with E-state index < -0.39 is 0 Å². The van der Waals surface area contributed by atoms with Crippen molar-refractivity contribution in [1.82, 2.24) is 0 Å². The molecule has 0 aromatic rings. The second-order valence-corrected chi connectivity index (χ2v) is 10.2. The summed E-state index contributed by atoms with van der Waals surface area (Å²) >= 11 is 0. The van der Waals surface area contributed by atoms with Crippen LogP contribution in [0.5, 0.6) is 0 Å². The van der Waals surface area contributed by atoms with Crippen LogP contribution in [0.4, 0.5) is 0 Å². The van der Waals surface area contributed by atoms with Crippen LogP contribution in [0, 0.1) is 5.92 Å². The summed E-state index contributed by atoms with van der Waals surface area (Å²) in [6.07, 6.45) is 31.1. The van der Waals surface area contributed by atoms with Crippen molar-refractivity contribution in [2.75, 3.05) is 6.61 Å². The summed E-state index contributed by atoms with van der Waals surface area (Å²) in [7, 11) is 0. The van der Waals surface area contributed by atoms with Crippen LogP contribution in [0.25, 0.3) is 0 Å². The number of ether oxygens (including phenoxy) is 1. The van der Waals surface area contributed by atoms with Crippen molar-refractivity contribution in [3.63, 3.8) is 0 Å². The first-order valence-electron chi connectivity index (χ1n) is 14.9. The lowest BCUT2D eigenvalue weighted by molar-refractivity contribution is -0.145. The fourth-order valence-corrected chi connectivity index (χ4v) is 4.59. The molecule has 0 fully saturated rings. The Bertz CT molecular complexity index is 366. The van der Waals surface area contributed by atoms with E-state index in [0.29, 0.717) is 18.9 Å². The van der Waals surface area contributed by atoms with Crippen molar-refractivity contribution in [2.24, 2.45) is 5.92 Å². The zero-order chi connectivity index (χ0) is 23.5. The molecule has 32 heavy (non-hydrogen) atoms. The summed E-state index contributed by atoms with van der Waals surface area (Å²) in [5.74, 6) is 0.620. The molecule has 0 aliphatic carbocycles. The van der Waals surface area contributed by atoms with E-state index in [-0.39, 0.29) is 5.97 Å². The Morgan fingerprint density at radius 1 is 0.500 bits per heavy atom. The minimum absolute atomic E-state index is 0.0394. The van der Waals surface area contributed by atoms with Gasteiger partial charge in [0.05, 0.1) is 6.61 Å². The summed E-state index contributed by atoms with van der Waals surface area (Å²) < 4.78 is 5.66. The van der Waals surface area contributed by atoms with E-state index in [4.69, 9.17) is 4.74 Å². The van der Waals surface area contributed by atoms with E-state index in [9.17, 15) is 4.79 Å². The van der Waals surface area contributed by atoms with Gasteiger partial charge in [0, 0.05) is 6.42 Å². The Balaban J connectivity index is 3.58. The lowest BCUT2D eigenvalue weighted by atomic mass is 9.96. The van der Waals surface area contributed by atoms with Gasteiger partial charge < -0.3 is 4.74 Å². The van der Waals surface area contributed by atoms with E-state index in [1.165, 1.54) is 141 Å². The maximum absolute atomic E-state index is 12.1. The van der Waals surface area contributed by atoms with Gasteiger partial charge >= 0.3 is 5.97 Å². The predicted octanol–water partition coefficient (Wildman–Crippen LogP) is 10.6. The molecule has 0 aliphatic rings. The molecule has 0 saturated carbocycles. The number of esters is 1. The van der Waals surface area contributed by atoms with Gasteiger partial charge in [0.1, 0.15) is 0 Å². The predicted molar refractivity (Wildman–Crippen MR) is 142 cm³/mol. The Morgan fingerprint density at radius 3 is 1.34 bits per heavy atom. The third-order valence-corrected chi connectivity index (χ3v) is 6.90. The molecule has 0 aromatic heterocycles. The topological polar surface area (TPSA) is 26.3 Å². The normalized spacial score (nSPS) is 12.2. The standard InChI is InChI=1S/C30H60O2/c1-4-7-10-12-14-15-16-17-18-19-20-22-24-27-30(31)32-28-29(25-9-6-3)26-23-21-13-11-8-5-2/h29H,4-28H2,1-3H3. The first-order valence-corrected chi connectivity index (χ1v) is 14.9. The number of carbonyl (C=O) groups excluding carboxylic acids is 1. The number of hydrogen-bond acceptors (Lipinski definition) is 2. The van der Waals surface area contributed by atoms with Crippen LogP contribution in [0.2, 0.25) is 0 Å². The van der Waals surface area contributed by atoms with Gasteiger partial charge in [0.2, 0.25) is 0 Å². The van der Waals surface area contributed by atoms with E-state index in [2.05, 4.69) is 20.8 Å². The zero-order valence-corrected chi connectivity index (χ0v) is 22.6. The molecule has 1 atom stereocenters. The monoisotopic (exact) mass is 452 g/mol. The zero-order valence-electron chi connectivity index (χ0n) is 22.6. The van der Waals surface area contributed by atoms with Crippen LogP contribution >= 0.6 is 0 Å². The minimum Gasteiger partial charge on any atom is -0.465 e. The summed E-state index contributed by atoms with van der Waals surface area (Å²) in [5.41, 5.74) is 0. The van der Waals surface area contributed by atoms with Crippen molar-refractivity contribution in [1.29, 1.82) is 0 Å². The lowest BCUT2D eigenvalue weighted by Gasteiger charge is -2.17. The Hall–Kier alpha value is -0.530. The quantitative estimate of drug-likeness (QED) is 0.0963. The van der Waals surface area contributed by atoms with E-state index >= 15 is 0 Å². The SMILES string of the molecule is CCCCCCCCCCCCCCCC(=O)OCC(CCCC)CCCCCCCC.